The number of carbonyl (C=O) groups is 2. The van der Waals surface area contributed by atoms with Gasteiger partial charge in [0.2, 0.25) is 0 Å². The van der Waals surface area contributed by atoms with Crippen molar-refractivity contribution in [2.75, 3.05) is 12.4 Å². The van der Waals surface area contributed by atoms with Gasteiger partial charge in [-0.2, -0.15) is 5.10 Å². The van der Waals surface area contributed by atoms with Gasteiger partial charge in [-0.3, -0.25) is 9.89 Å². The number of ether oxygens (including phenoxy) is 1. The molecule has 0 bridgehead atoms. The number of nitrogens with zero attached hydrogens (tertiary/aromatic N) is 1. The van der Waals surface area contributed by atoms with Crippen LogP contribution in [0, 0.1) is 5.92 Å². The van der Waals surface area contributed by atoms with Gasteiger partial charge in [-0.25, -0.2) is 4.79 Å². The first-order valence-electron chi connectivity index (χ1n) is 6.81. The van der Waals surface area contributed by atoms with Gasteiger partial charge in [0.05, 0.1) is 31.0 Å². The standard InChI is InChI=1S/C15H18N4O3/c1-10(14(20)22-2)13(11-6-4-3-5-7-11)19-15(21)18-12-8-16-17-9-12/h3-10,13H,1-2H3,(H,16,17)(H2,18,19,21)/t10-,13+/m1/s1. The van der Waals surface area contributed by atoms with E-state index in [1.54, 1.807) is 13.1 Å². The van der Waals surface area contributed by atoms with Gasteiger partial charge in [-0.05, 0) is 12.5 Å². The van der Waals surface area contributed by atoms with E-state index in [0.717, 1.165) is 5.56 Å². The van der Waals surface area contributed by atoms with Crippen LogP contribution in [0.25, 0.3) is 0 Å². The number of rotatable bonds is 5. The van der Waals surface area contributed by atoms with Crippen molar-refractivity contribution in [3.8, 4) is 0 Å². The van der Waals surface area contributed by atoms with E-state index in [1.165, 1.54) is 13.3 Å². The van der Waals surface area contributed by atoms with Crippen LogP contribution >= 0.6 is 0 Å². The van der Waals surface area contributed by atoms with Crippen molar-refractivity contribution in [2.24, 2.45) is 5.92 Å². The fourth-order valence-electron chi connectivity index (χ4n) is 2.11. The van der Waals surface area contributed by atoms with Gasteiger partial charge in [-0.15, -0.1) is 0 Å². The summed E-state index contributed by atoms with van der Waals surface area (Å²) in [6.07, 6.45) is 3.04. The molecule has 2 aromatic rings. The second-order valence-electron chi connectivity index (χ2n) is 4.79. The predicted molar refractivity (Wildman–Crippen MR) is 81.1 cm³/mol. The molecule has 22 heavy (non-hydrogen) atoms. The molecule has 0 aliphatic carbocycles. The minimum Gasteiger partial charge on any atom is -0.469 e. The Kier molecular flexibility index (Phi) is 5.13. The Bertz CT molecular complexity index is 613. The summed E-state index contributed by atoms with van der Waals surface area (Å²) < 4.78 is 4.78. The molecule has 7 heteroatoms. The summed E-state index contributed by atoms with van der Waals surface area (Å²) in [6, 6.07) is 8.34. The minimum absolute atomic E-state index is 0.391. The summed E-state index contributed by atoms with van der Waals surface area (Å²) >= 11 is 0. The molecule has 0 radical (unpaired) electrons. The fourth-order valence-corrected chi connectivity index (χ4v) is 2.11. The number of H-pyrrole nitrogens is 1. The van der Waals surface area contributed by atoms with Crippen LogP contribution in [0.5, 0.6) is 0 Å². The van der Waals surface area contributed by atoms with E-state index in [1.807, 2.05) is 30.3 Å². The van der Waals surface area contributed by atoms with Crippen molar-refractivity contribution >= 4 is 17.7 Å². The Balaban J connectivity index is 2.14. The van der Waals surface area contributed by atoms with Gasteiger partial charge in [0.25, 0.3) is 0 Å². The summed E-state index contributed by atoms with van der Waals surface area (Å²) in [5.41, 5.74) is 1.36. The van der Waals surface area contributed by atoms with Crippen molar-refractivity contribution in [1.29, 1.82) is 0 Å². The van der Waals surface area contributed by atoms with E-state index >= 15 is 0 Å². The average molecular weight is 302 g/mol. The maximum Gasteiger partial charge on any atom is 0.319 e. The number of nitrogens with one attached hydrogen (secondary N) is 3. The topological polar surface area (TPSA) is 96.1 Å². The number of anilines is 1. The van der Waals surface area contributed by atoms with Crippen molar-refractivity contribution in [3.63, 3.8) is 0 Å². The number of benzene rings is 1. The molecule has 116 valence electrons. The molecule has 0 fully saturated rings. The van der Waals surface area contributed by atoms with Crippen LogP contribution in [0.4, 0.5) is 10.5 Å². The second-order valence-corrected chi connectivity index (χ2v) is 4.79. The molecule has 0 saturated carbocycles. The molecule has 2 rings (SSSR count). The first-order valence-corrected chi connectivity index (χ1v) is 6.81. The summed E-state index contributed by atoms with van der Waals surface area (Å²) in [4.78, 5) is 23.9. The Morgan fingerprint density at radius 3 is 2.59 bits per heavy atom. The fraction of sp³-hybridized carbons (Fsp3) is 0.267. The van der Waals surface area contributed by atoms with Crippen molar-refractivity contribution in [3.05, 3.63) is 48.3 Å². The van der Waals surface area contributed by atoms with E-state index in [-0.39, 0.29) is 0 Å². The number of esters is 1. The molecule has 0 aliphatic rings. The number of urea groups is 1. The van der Waals surface area contributed by atoms with Crippen molar-refractivity contribution in [2.45, 2.75) is 13.0 Å². The highest BCUT2D eigenvalue weighted by atomic mass is 16.5. The first-order chi connectivity index (χ1) is 10.6. The molecule has 7 nitrogen and oxygen atoms in total. The number of amides is 2. The Hall–Kier alpha value is -2.83. The molecule has 0 saturated heterocycles. The molecule has 1 heterocycles. The number of aromatic nitrogens is 2. The highest BCUT2D eigenvalue weighted by molar-refractivity contribution is 5.89. The van der Waals surface area contributed by atoms with Crippen LogP contribution in [0.15, 0.2) is 42.7 Å². The van der Waals surface area contributed by atoms with Gasteiger partial charge in [0, 0.05) is 6.20 Å². The predicted octanol–water partition coefficient (Wildman–Crippen LogP) is 2.08. The number of hydrogen-bond acceptors (Lipinski definition) is 4. The van der Waals surface area contributed by atoms with Gasteiger partial charge < -0.3 is 15.4 Å². The lowest BCUT2D eigenvalue weighted by molar-refractivity contribution is -0.145. The minimum atomic E-state index is -0.525. The molecule has 2 amide bonds. The normalized spacial score (nSPS) is 13.0. The zero-order valence-electron chi connectivity index (χ0n) is 12.4. The highest BCUT2D eigenvalue weighted by Gasteiger charge is 2.27. The van der Waals surface area contributed by atoms with Crippen LogP contribution in [0.1, 0.15) is 18.5 Å². The molecule has 0 aliphatic heterocycles. The third-order valence-electron chi connectivity index (χ3n) is 3.27. The van der Waals surface area contributed by atoms with Crippen LogP contribution in [-0.2, 0) is 9.53 Å². The number of methoxy groups -OCH3 is 1. The van der Waals surface area contributed by atoms with Crippen LogP contribution < -0.4 is 10.6 Å². The molecule has 2 atom stereocenters. The maximum absolute atomic E-state index is 12.1. The Labute approximate surface area is 128 Å². The van der Waals surface area contributed by atoms with E-state index in [2.05, 4.69) is 20.8 Å². The second kappa shape index (κ2) is 7.26. The Morgan fingerprint density at radius 2 is 2.00 bits per heavy atom. The van der Waals surface area contributed by atoms with Gasteiger partial charge in [0.1, 0.15) is 0 Å². The molecule has 0 spiro atoms. The monoisotopic (exact) mass is 302 g/mol. The molecular formula is C15H18N4O3. The summed E-state index contributed by atoms with van der Waals surface area (Å²) in [5.74, 6) is -0.917. The van der Waals surface area contributed by atoms with E-state index in [4.69, 9.17) is 4.74 Å². The average Bonchev–Trinajstić information content (AvgIpc) is 3.05. The number of carbonyl (C=O) groups excluding carboxylic acids is 2. The van der Waals surface area contributed by atoms with E-state index in [9.17, 15) is 9.59 Å². The van der Waals surface area contributed by atoms with E-state index in [0.29, 0.717) is 5.69 Å². The van der Waals surface area contributed by atoms with Crippen molar-refractivity contribution in [1.82, 2.24) is 15.5 Å². The van der Waals surface area contributed by atoms with Crippen LogP contribution in [0.3, 0.4) is 0 Å². The molecule has 1 aromatic carbocycles. The highest BCUT2D eigenvalue weighted by Crippen LogP contribution is 2.23. The first kappa shape index (κ1) is 15.6. The van der Waals surface area contributed by atoms with Gasteiger partial charge in [-0.1, -0.05) is 30.3 Å². The third-order valence-corrected chi connectivity index (χ3v) is 3.27. The van der Waals surface area contributed by atoms with Crippen LogP contribution in [-0.4, -0.2) is 29.3 Å². The van der Waals surface area contributed by atoms with Crippen molar-refractivity contribution < 1.29 is 14.3 Å². The molecular weight excluding hydrogens is 284 g/mol. The number of hydrogen-bond donors (Lipinski definition) is 3. The lowest BCUT2D eigenvalue weighted by atomic mass is 9.94. The lowest BCUT2D eigenvalue weighted by Crippen LogP contribution is -2.38. The maximum atomic E-state index is 12.1. The zero-order chi connectivity index (χ0) is 15.9. The van der Waals surface area contributed by atoms with Crippen LogP contribution in [0.2, 0.25) is 0 Å². The number of aromatic amines is 1. The molecule has 0 unspecified atom stereocenters. The SMILES string of the molecule is COC(=O)[C@H](C)[C@H](NC(=O)Nc1cn[nH]c1)c1ccccc1. The lowest BCUT2D eigenvalue weighted by Gasteiger charge is -2.24. The quantitative estimate of drug-likeness (QED) is 0.737. The van der Waals surface area contributed by atoms with Gasteiger partial charge >= 0.3 is 12.0 Å². The van der Waals surface area contributed by atoms with E-state index < -0.39 is 24.0 Å². The Morgan fingerprint density at radius 1 is 1.27 bits per heavy atom. The summed E-state index contributed by atoms with van der Waals surface area (Å²) in [7, 11) is 1.33. The summed E-state index contributed by atoms with van der Waals surface area (Å²) in [5, 5.41) is 11.8. The largest absolute Gasteiger partial charge is 0.469 e. The third kappa shape index (κ3) is 3.85. The molecule has 1 aromatic heterocycles. The molecule has 3 N–H and O–H groups in total. The van der Waals surface area contributed by atoms with Gasteiger partial charge in [0.15, 0.2) is 0 Å². The smallest absolute Gasteiger partial charge is 0.319 e. The summed E-state index contributed by atoms with van der Waals surface area (Å²) in [6.45, 7) is 1.71. The zero-order valence-corrected chi connectivity index (χ0v) is 12.4.